The molecule has 210 valence electrons. The standard InChI is InChI=1S/C26H23Br2ClN4O5S2/c1-30-21(34)18(22(35)31(2)25(30)39)17(19-23(36)32(3)26(40)33(4)24(19)37)13-9-15(27)20(16(28)10-13)38-11-12-5-7-14(29)8-6-12/h5-10,17,34,36H,11H2,1-4H3. The fourth-order valence-corrected chi connectivity index (χ4v) is 6.24. The third-order valence-corrected chi connectivity index (χ3v) is 9.09. The fraction of sp³-hybridized carbons (Fsp3) is 0.231. The van der Waals surface area contributed by atoms with Gasteiger partial charge in [0.15, 0.2) is 9.54 Å². The largest absolute Gasteiger partial charge is 0.494 e. The highest BCUT2D eigenvalue weighted by Crippen LogP contribution is 2.42. The Balaban J connectivity index is 1.99. The van der Waals surface area contributed by atoms with Gasteiger partial charge < -0.3 is 14.9 Å². The molecule has 0 fully saturated rings. The summed E-state index contributed by atoms with van der Waals surface area (Å²) in [7, 11) is 5.94. The van der Waals surface area contributed by atoms with Crippen molar-refractivity contribution in [3.05, 3.63) is 103 Å². The second kappa shape index (κ2) is 11.6. The molecule has 40 heavy (non-hydrogen) atoms. The van der Waals surface area contributed by atoms with Gasteiger partial charge in [0.2, 0.25) is 11.8 Å². The Morgan fingerprint density at radius 2 is 1.25 bits per heavy atom. The van der Waals surface area contributed by atoms with Crippen LogP contribution in [0.3, 0.4) is 0 Å². The van der Waals surface area contributed by atoms with Crippen molar-refractivity contribution in [2.75, 3.05) is 0 Å². The Kier molecular flexibility index (Phi) is 8.81. The van der Waals surface area contributed by atoms with Gasteiger partial charge >= 0.3 is 0 Å². The number of aromatic nitrogens is 4. The van der Waals surface area contributed by atoms with Crippen molar-refractivity contribution in [2.24, 2.45) is 28.2 Å². The maximum absolute atomic E-state index is 13.6. The van der Waals surface area contributed by atoms with Crippen LogP contribution in [0.25, 0.3) is 0 Å². The van der Waals surface area contributed by atoms with E-state index in [1.807, 2.05) is 12.1 Å². The summed E-state index contributed by atoms with van der Waals surface area (Å²) in [5.41, 5.74) is -0.292. The van der Waals surface area contributed by atoms with Crippen molar-refractivity contribution >= 4 is 67.9 Å². The summed E-state index contributed by atoms with van der Waals surface area (Å²) in [6.45, 7) is 0.242. The summed E-state index contributed by atoms with van der Waals surface area (Å²) in [6.07, 6.45) is 0. The first-order chi connectivity index (χ1) is 18.8. The summed E-state index contributed by atoms with van der Waals surface area (Å²) < 4.78 is 12.1. The van der Waals surface area contributed by atoms with Crippen LogP contribution in [0.5, 0.6) is 17.5 Å². The van der Waals surface area contributed by atoms with Crippen LogP contribution in [-0.2, 0) is 34.8 Å². The van der Waals surface area contributed by atoms with E-state index in [0.29, 0.717) is 25.3 Å². The van der Waals surface area contributed by atoms with Gasteiger partial charge in [0.1, 0.15) is 12.4 Å². The van der Waals surface area contributed by atoms with E-state index in [1.165, 1.54) is 46.5 Å². The molecule has 0 radical (unpaired) electrons. The third kappa shape index (κ3) is 5.32. The quantitative estimate of drug-likeness (QED) is 0.250. The highest BCUT2D eigenvalue weighted by molar-refractivity contribution is 9.11. The van der Waals surface area contributed by atoms with Gasteiger partial charge in [-0.25, -0.2) is 0 Å². The van der Waals surface area contributed by atoms with Crippen molar-refractivity contribution in [2.45, 2.75) is 12.5 Å². The molecule has 4 aromatic rings. The van der Waals surface area contributed by atoms with E-state index < -0.39 is 28.8 Å². The Morgan fingerprint density at radius 3 is 1.68 bits per heavy atom. The van der Waals surface area contributed by atoms with Gasteiger partial charge in [0.05, 0.1) is 26.0 Å². The van der Waals surface area contributed by atoms with Crippen molar-refractivity contribution in [1.29, 1.82) is 0 Å². The number of nitrogens with zero attached hydrogens (tertiary/aromatic N) is 4. The smallest absolute Gasteiger partial charge is 0.262 e. The lowest BCUT2D eigenvalue weighted by molar-refractivity contribution is 0.302. The average molecular weight is 731 g/mol. The van der Waals surface area contributed by atoms with E-state index in [9.17, 15) is 19.8 Å². The summed E-state index contributed by atoms with van der Waals surface area (Å²) in [5, 5.41) is 23.0. The molecular formula is C26H23Br2ClN4O5S2. The van der Waals surface area contributed by atoms with Crippen LogP contribution < -0.4 is 15.9 Å². The van der Waals surface area contributed by atoms with E-state index in [1.54, 1.807) is 24.3 Å². The van der Waals surface area contributed by atoms with E-state index >= 15 is 0 Å². The van der Waals surface area contributed by atoms with Crippen LogP contribution in [-0.4, -0.2) is 28.5 Å². The number of halogens is 3. The number of rotatable bonds is 6. The van der Waals surface area contributed by atoms with E-state index in [0.717, 1.165) is 5.56 Å². The normalized spacial score (nSPS) is 11.3. The van der Waals surface area contributed by atoms with Crippen LogP contribution >= 0.6 is 67.9 Å². The molecule has 0 saturated carbocycles. The lowest BCUT2D eigenvalue weighted by Gasteiger charge is -2.24. The first-order valence-electron chi connectivity index (χ1n) is 11.6. The molecular weight excluding hydrogens is 708 g/mol. The predicted molar refractivity (Wildman–Crippen MR) is 165 cm³/mol. The molecule has 0 aliphatic heterocycles. The summed E-state index contributed by atoms with van der Waals surface area (Å²) in [5.74, 6) is -1.65. The molecule has 2 N–H and O–H groups in total. The molecule has 0 aliphatic rings. The van der Waals surface area contributed by atoms with E-state index in [-0.39, 0.29) is 27.3 Å². The van der Waals surface area contributed by atoms with Gasteiger partial charge in [-0.2, -0.15) is 0 Å². The van der Waals surface area contributed by atoms with Crippen molar-refractivity contribution in [3.63, 3.8) is 0 Å². The van der Waals surface area contributed by atoms with Crippen LogP contribution in [0.4, 0.5) is 0 Å². The van der Waals surface area contributed by atoms with Gasteiger partial charge in [0, 0.05) is 33.2 Å². The molecule has 0 unspecified atom stereocenters. The molecule has 0 saturated heterocycles. The zero-order valence-electron chi connectivity index (χ0n) is 21.6. The lowest BCUT2D eigenvalue weighted by atomic mass is 9.86. The molecule has 9 nitrogen and oxygen atoms in total. The Hall–Kier alpha value is -2.71. The fourth-order valence-electron chi connectivity index (χ4n) is 4.32. The second-order valence-corrected chi connectivity index (χ2v) is 11.9. The molecule has 2 aromatic heterocycles. The van der Waals surface area contributed by atoms with E-state index in [2.05, 4.69) is 31.9 Å². The van der Waals surface area contributed by atoms with Crippen LogP contribution in [0.2, 0.25) is 5.02 Å². The molecule has 0 spiro atoms. The molecule has 2 heterocycles. The summed E-state index contributed by atoms with van der Waals surface area (Å²) >= 11 is 23.6. The van der Waals surface area contributed by atoms with E-state index in [4.69, 9.17) is 40.8 Å². The van der Waals surface area contributed by atoms with Crippen LogP contribution in [0.15, 0.2) is 54.9 Å². The monoisotopic (exact) mass is 728 g/mol. The molecule has 0 bridgehead atoms. The molecule has 14 heteroatoms. The number of hydrogen-bond donors (Lipinski definition) is 2. The van der Waals surface area contributed by atoms with Gasteiger partial charge in [-0.05, 0) is 91.7 Å². The summed E-state index contributed by atoms with van der Waals surface area (Å²) in [4.78, 5) is 27.2. The zero-order valence-corrected chi connectivity index (χ0v) is 27.2. The zero-order chi connectivity index (χ0) is 29.6. The van der Waals surface area contributed by atoms with Gasteiger partial charge in [-0.1, -0.05) is 23.7 Å². The number of benzene rings is 2. The summed E-state index contributed by atoms with van der Waals surface area (Å²) in [6, 6.07) is 10.5. The van der Waals surface area contributed by atoms with Crippen molar-refractivity contribution in [1.82, 2.24) is 18.3 Å². The second-order valence-electron chi connectivity index (χ2n) is 9.05. The number of aromatic hydroxyl groups is 2. The Morgan fingerprint density at radius 1 is 0.825 bits per heavy atom. The topological polar surface area (TPSA) is 104 Å². The molecule has 0 amide bonds. The van der Waals surface area contributed by atoms with Gasteiger partial charge in [0.25, 0.3) is 11.1 Å². The number of ether oxygens (including phenoxy) is 1. The first-order valence-corrected chi connectivity index (χ1v) is 14.4. The minimum absolute atomic E-state index is 0.0712. The Labute approximate surface area is 260 Å². The van der Waals surface area contributed by atoms with Crippen LogP contribution in [0.1, 0.15) is 28.2 Å². The highest BCUT2D eigenvalue weighted by atomic mass is 79.9. The first kappa shape index (κ1) is 30.3. The molecule has 4 rings (SSSR count). The highest BCUT2D eigenvalue weighted by Gasteiger charge is 2.33. The SMILES string of the molecule is Cn1c(O)c(C(c2cc(Br)c(OCc3ccc(Cl)cc3)c(Br)c2)c2c(O)n(C)c(=S)n(C)c2=O)c(=O)n(C)c1=S. The minimum Gasteiger partial charge on any atom is -0.494 e. The van der Waals surface area contributed by atoms with Gasteiger partial charge in [-0.3, -0.25) is 27.9 Å². The number of hydrogen-bond acceptors (Lipinski definition) is 7. The maximum Gasteiger partial charge on any atom is 0.262 e. The predicted octanol–water partition coefficient (Wildman–Crippen LogP) is 5.57. The lowest BCUT2D eigenvalue weighted by Crippen LogP contribution is -2.33. The van der Waals surface area contributed by atoms with Gasteiger partial charge in [-0.15, -0.1) is 0 Å². The Bertz CT molecular complexity index is 1790. The van der Waals surface area contributed by atoms with Crippen molar-refractivity contribution in [3.8, 4) is 17.5 Å². The molecule has 0 atom stereocenters. The molecule has 0 aliphatic carbocycles. The average Bonchev–Trinajstić information content (AvgIpc) is 2.92. The molecule has 2 aromatic carbocycles. The minimum atomic E-state index is -1.22. The van der Waals surface area contributed by atoms with Crippen molar-refractivity contribution < 1.29 is 14.9 Å². The third-order valence-electron chi connectivity index (χ3n) is 6.56. The van der Waals surface area contributed by atoms with Crippen LogP contribution in [0, 0.1) is 9.54 Å². The maximum atomic E-state index is 13.6.